The summed E-state index contributed by atoms with van der Waals surface area (Å²) in [6, 6.07) is 0. The molecule has 2 atom stereocenters. The van der Waals surface area contributed by atoms with Gasteiger partial charge in [-0.25, -0.2) is 0 Å². The molecule has 2 saturated carbocycles. The molecule has 4 nitrogen and oxygen atoms in total. The van der Waals surface area contributed by atoms with Crippen LogP contribution in [-0.2, 0) is 9.59 Å². The second kappa shape index (κ2) is 8.11. The van der Waals surface area contributed by atoms with Crippen molar-refractivity contribution in [3.05, 3.63) is 23.3 Å². The molecule has 0 saturated heterocycles. The van der Waals surface area contributed by atoms with Crippen molar-refractivity contribution in [2.24, 2.45) is 11.8 Å². The van der Waals surface area contributed by atoms with Gasteiger partial charge in [-0.3, -0.25) is 14.9 Å². The predicted molar refractivity (Wildman–Crippen MR) is 95.9 cm³/mol. The Kier molecular flexibility index (Phi) is 6.39. The van der Waals surface area contributed by atoms with Crippen LogP contribution in [0.5, 0.6) is 0 Å². The molecule has 0 aliphatic heterocycles. The Hall–Kier alpha value is -1.42. The lowest BCUT2D eigenvalue weighted by atomic mass is 9.96. The number of ketones is 1. The Morgan fingerprint density at radius 1 is 1.17 bits per heavy atom. The van der Waals surface area contributed by atoms with Gasteiger partial charge in [0.1, 0.15) is 11.3 Å². The van der Waals surface area contributed by atoms with Gasteiger partial charge in [0.2, 0.25) is 0 Å². The molecule has 2 aliphatic carbocycles. The van der Waals surface area contributed by atoms with E-state index in [2.05, 4.69) is 38.2 Å². The molecular formula is C20H31NO3. The highest BCUT2D eigenvalue weighted by Crippen LogP contribution is 2.47. The number of carbonyl (C=O) groups is 2. The summed E-state index contributed by atoms with van der Waals surface area (Å²) in [5.74, 6) is -0.946. The van der Waals surface area contributed by atoms with E-state index in [0.717, 1.165) is 38.5 Å². The summed E-state index contributed by atoms with van der Waals surface area (Å²) in [6.07, 6.45) is 10.8. The minimum atomic E-state index is -1.02. The van der Waals surface area contributed by atoms with Crippen LogP contribution >= 0.6 is 0 Å². The quantitative estimate of drug-likeness (QED) is 0.629. The van der Waals surface area contributed by atoms with Crippen LogP contribution in [0.3, 0.4) is 0 Å². The highest BCUT2D eigenvalue weighted by Gasteiger charge is 2.64. The average Bonchev–Trinajstić information content (AvgIpc) is 3.00. The van der Waals surface area contributed by atoms with Crippen molar-refractivity contribution in [3.8, 4) is 0 Å². The number of rotatable bonds is 9. The number of carbonyl (C=O) groups excluding carboxylic acids is 1. The summed E-state index contributed by atoms with van der Waals surface area (Å²) in [6.45, 7) is 6.76. The zero-order chi connectivity index (χ0) is 17.7. The van der Waals surface area contributed by atoms with Gasteiger partial charge in [-0.2, -0.15) is 0 Å². The molecule has 24 heavy (non-hydrogen) atoms. The number of carboxylic acids is 1. The van der Waals surface area contributed by atoms with E-state index in [-0.39, 0.29) is 17.6 Å². The highest BCUT2D eigenvalue weighted by atomic mass is 16.4. The lowest BCUT2D eigenvalue weighted by Crippen LogP contribution is -2.43. The molecule has 2 rings (SSSR count). The van der Waals surface area contributed by atoms with Gasteiger partial charge in [0.25, 0.3) is 0 Å². The molecule has 2 fully saturated rings. The van der Waals surface area contributed by atoms with Gasteiger partial charge < -0.3 is 5.11 Å². The number of aliphatic carboxylic acids is 1. The van der Waals surface area contributed by atoms with E-state index in [1.807, 2.05) is 0 Å². The zero-order valence-electron chi connectivity index (χ0n) is 15.2. The van der Waals surface area contributed by atoms with Crippen molar-refractivity contribution < 1.29 is 14.7 Å². The first-order valence-electron chi connectivity index (χ1n) is 9.18. The molecule has 134 valence electrons. The summed E-state index contributed by atoms with van der Waals surface area (Å²) in [7, 11) is 0. The molecule has 0 amide bonds. The Bertz CT molecular complexity index is 539. The third-order valence-corrected chi connectivity index (χ3v) is 5.40. The Balaban J connectivity index is 1.85. The summed E-state index contributed by atoms with van der Waals surface area (Å²) in [4.78, 5) is 24.2. The molecular weight excluding hydrogens is 302 g/mol. The third kappa shape index (κ3) is 4.56. The van der Waals surface area contributed by atoms with Gasteiger partial charge in [0.05, 0.1) is 0 Å². The van der Waals surface area contributed by atoms with Gasteiger partial charge >= 0.3 is 5.97 Å². The number of hydrogen-bond donors (Lipinski definition) is 2. The lowest BCUT2D eigenvalue weighted by Gasteiger charge is -2.15. The zero-order valence-corrected chi connectivity index (χ0v) is 15.2. The molecule has 4 heteroatoms. The molecule has 0 bridgehead atoms. The first-order chi connectivity index (χ1) is 11.4. The molecule has 0 heterocycles. The van der Waals surface area contributed by atoms with Crippen LogP contribution in [0.4, 0.5) is 0 Å². The summed E-state index contributed by atoms with van der Waals surface area (Å²) < 4.78 is 0. The number of Topliss-reactive ketones (excluding diaryl/α,β-unsaturated/α-hetero) is 1. The van der Waals surface area contributed by atoms with E-state index in [1.54, 1.807) is 0 Å². The molecule has 0 aromatic rings. The standard InChI is InChI=1S/C20H31NO3/c1-14(2)7-6-8-15(3)11-12-21-20(19(23)24)13-17(20)18(22)16-9-4-5-10-16/h7,11,16-17,21H,4-6,8-10,12-13H2,1-3H3,(H,23,24)/b15-11+. The van der Waals surface area contributed by atoms with Crippen molar-refractivity contribution in [1.29, 1.82) is 0 Å². The minimum absolute atomic E-state index is 0.0966. The van der Waals surface area contributed by atoms with Crippen LogP contribution in [-0.4, -0.2) is 28.9 Å². The van der Waals surface area contributed by atoms with Crippen molar-refractivity contribution in [2.45, 2.75) is 71.3 Å². The van der Waals surface area contributed by atoms with Crippen LogP contribution in [0.1, 0.15) is 65.7 Å². The molecule has 2 aliphatic rings. The van der Waals surface area contributed by atoms with Gasteiger partial charge in [0.15, 0.2) is 0 Å². The second-order valence-electron chi connectivity index (χ2n) is 7.67. The maximum atomic E-state index is 12.5. The number of carboxylic acid groups (broad SMARTS) is 1. The van der Waals surface area contributed by atoms with Crippen LogP contribution in [0, 0.1) is 11.8 Å². The van der Waals surface area contributed by atoms with E-state index in [9.17, 15) is 14.7 Å². The van der Waals surface area contributed by atoms with Crippen LogP contribution in [0.15, 0.2) is 23.3 Å². The van der Waals surface area contributed by atoms with Gasteiger partial charge in [-0.15, -0.1) is 0 Å². The van der Waals surface area contributed by atoms with Crippen LogP contribution in [0.2, 0.25) is 0 Å². The van der Waals surface area contributed by atoms with E-state index < -0.39 is 11.5 Å². The van der Waals surface area contributed by atoms with Crippen LogP contribution in [0.25, 0.3) is 0 Å². The van der Waals surface area contributed by atoms with E-state index >= 15 is 0 Å². The fraction of sp³-hybridized carbons (Fsp3) is 0.700. The maximum absolute atomic E-state index is 12.5. The van der Waals surface area contributed by atoms with E-state index in [1.165, 1.54) is 11.1 Å². The first-order valence-corrected chi connectivity index (χ1v) is 9.18. The monoisotopic (exact) mass is 333 g/mol. The molecule has 0 spiro atoms. The predicted octanol–water partition coefficient (Wildman–Crippen LogP) is 3.87. The smallest absolute Gasteiger partial charge is 0.324 e. The SMILES string of the molecule is CC(C)=CCC/C(C)=C/CNC1(C(=O)O)CC1C(=O)C1CCCC1. The van der Waals surface area contributed by atoms with Gasteiger partial charge in [-0.1, -0.05) is 36.1 Å². The van der Waals surface area contributed by atoms with Gasteiger partial charge in [-0.05, 0) is 52.9 Å². The minimum Gasteiger partial charge on any atom is -0.480 e. The fourth-order valence-corrected chi connectivity index (χ4v) is 3.71. The van der Waals surface area contributed by atoms with Crippen molar-refractivity contribution >= 4 is 11.8 Å². The molecule has 0 radical (unpaired) electrons. The van der Waals surface area contributed by atoms with Crippen molar-refractivity contribution in [2.75, 3.05) is 6.54 Å². The average molecular weight is 333 g/mol. The van der Waals surface area contributed by atoms with Gasteiger partial charge in [0, 0.05) is 18.4 Å². The summed E-state index contributed by atoms with van der Waals surface area (Å²) in [5, 5.41) is 12.7. The third-order valence-electron chi connectivity index (χ3n) is 5.40. The van der Waals surface area contributed by atoms with E-state index in [4.69, 9.17) is 0 Å². The normalized spacial score (nSPS) is 27.1. The van der Waals surface area contributed by atoms with Crippen LogP contribution < -0.4 is 5.32 Å². The molecule has 2 unspecified atom stereocenters. The number of hydrogen-bond acceptors (Lipinski definition) is 3. The van der Waals surface area contributed by atoms with E-state index in [0.29, 0.717) is 13.0 Å². The highest BCUT2D eigenvalue weighted by molar-refractivity contribution is 5.98. The summed E-state index contributed by atoms with van der Waals surface area (Å²) >= 11 is 0. The topological polar surface area (TPSA) is 66.4 Å². The second-order valence-corrected chi connectivity index (χ2v) is 7.67. The summed E-state index contributed by atoms with van der Waals surface area (Å²) in [5.41, 5.74) is 1.55. The molecule has 2 N–H and O–H groups in total. The first kappa shape index (κ1) is 18.9. The van der Waals surface area contributed by atoms with Crippen molar-refractivity contribution in [1.82, 2.24) is 5.32 Å². The number of allylic oxidation sites excluding steroid dienone is 3. The lowest BCUT2D eigenvalue weighted by molar-refractivity contribution is -0.142. The number of nitrogens with one attached hydrogen (secondary N) is 1. The molecule has 0 aromatic carbocycles. The Morgan fingerprint density at radius 3 is 2.42 bits per heavy atom. The Morgan fingerprint density at radius 2 is 1.83 bits per heavy atom. The fourth-order valence-electron chi connectivity index (χ4n) is 3.71. The molecule has 0 aromatic heterocycles. The Labute approximate surface area is 145 Å². The van der Waals surface area contributed by atoms with Crippen molar-refractivity contribution in [3.63, 3.8) is 0 Å². The maximum Gasteiger partial charge on any atom is 0.324 e. The largest absolute Gasteiger partial charge is 0.480 e.